The number of hydrogen-bond donors (Lipinski definition) is 0. The monoisotopic (exact) mass is 403 g/mol. The van der Waals surface area contributed by atoms with Gasteiger partial charge in [-0.2, -0.15) is 0 Å². The van der Waals surface area contributed by atoms with E-state index in [0.717, 1.165) is 24.1 Å². The molecule has 1 amide bonds. The van der Waals surface area contributed by atoms with Gasteiger partial charge in [-0.05, 0) is 45.7 Å². The molecule has 0 radical (unpaired) electrons. The van der Waals surface area contributed by atoms with Crippen LogP contribution in [0.3, 0.4) is 0 Å². The molecule has 146 valence electrons. The number of carbonyl (C=O) groups excluding carboxylic acids is 1. The van der Waals surface area contributed by atoms with E-state index < -0.39 is 5.82 Å². The molecule has 0 spiro atoms. The molecule has 1 saturated heterocycles. The number of carbonyl (C=O) groups is 1. The second-order valence-corrected chi connectivity index (χ2v) is 7.36. The summed E-state index contributed by atoms with van der Waals surface area (Å²) in [6, 6.07) is 4.18. The van der Waals surface area contributed by atoms with Gasteiger partial charge in [-0.3, -0.25) is 4.79 Å². The first-order valence-corrected chi connectivity index (χ1v) is 9.42. The average molecular weight is 404 g/mol. The van der Waals surface area contributed by atoms with Gasteiger partial charge in [0.25, 0.3) is 5.91 Å². The lowest BCUT2D eigenvalue weighted by Gasteiger charge is -2.25. The maximum Gasteiger partial charge on any atom is 0.260 e. The third-order valence-corrected chi connectivity index (χ3v) is 5.53. The molecule has 28 heavy (non-hydrogen) atoms. The predicted molar refractivity (Wildman–Crippen MR) is 101 cm³/mol. The predicted octanol–water partition coefficient (Wildman–Crippen LogP) is 5.02. The molecule has 1 aromatic carbocycles. The average Bonchev–Trinajstić information content (AvgIpc) is 3.34. The van der Waals surface area contributed by atoms with Crippen molar-refractivity contribution in [2.45, 2.75) is 39.7 Å². The second kappa shape index (κ2) is 7.05. The Morgan fingerprint density at radius 3 is 2.64 bits per heavy atom. The van der Waals surface area contributed by atoms with Crippen molar-refractivity contribution in [3.05, 3.63) is 57.4 Å². The first-order valence-electron chi connectivity index (χ1n) is 9.04. The van der Waals surface area contributed by atoms with Gasteiger partial charge in [-0.1, -0.05) is 28.0 Å². The highest BCUT2D eigenvalue weighted by atomic mass is 35.5. The Labute approximate surface area is 166 Å². The first-order chi connectivity index (χ1) is 13.4. The van der Waals surface area contributed by atoms with Crippen molar-refractivity contribution in [2.24, 2.45) is 0 Å². The quantitative estimate of drug-likeness (QED) is 0.613. The molecule has 1 aliphatic rings. The van der Waals surface area contributed by atoms with Gasteiger partial charge in [0, 0.05) is 12.1 Å². The molecule has 3 aromatic rings. The summed E-state index contributed by atoms with van der Waals surface area (Å²) >= 11 is 6.19. The lowest BCUT2D eigenvalue weighted by Crippen LogP contribution is -2.31. The fraction of sp³-hybridized carbons (Fsp3) is 0.350. The van der Waals surface area contributed by atoms with Crippen LogP contribution in [0.5, 0.6) is 0 Å². The van der Waals surface area contributed by atoms with Crippen LogP contribution in [-0.2, 0) is 0 Å². The topological polar surface area (TPSA) is 72.4 Å². The van der Waals surface area contributed by atoms with E-state index in [0.29, 0.717) is 18.1 Å². The van der Waals surface area contributed by atoms with Gasteiger partial charge < -0.3 is 13.9 Å². The van der Waals surface area contributed by atoms with Gasteiger partial charge in [0.15, 0.2) is 0 Å². The number of likely N-dealkylation sites (tertiary alicyclic amines) is 1. The minimum absolute atomic E-state index is 0.0671. The van der Waals surface area contributed by atoms with Crippen molar-refractivity contribution in [2.75, 3.05) is 6.54 Å². The van der Waals surface area contributed by atoms with E-state index in [-0.39, 0.29) is 33.8 Å². The third-order valence-electron chi connectivity index (χ3n) is 5.21. The molecule has 8 heteroatoms. The van der Waals surface area contributed by atoms with Crippen LogP contribution >= 0.6 is 11.6 Å². The van der Waals surface area contributed by atoms with Crippen molar-refractivity contribution in [1.29, 1.82) is 0 Å². The van der Waals surface area contributed by atoms with Crippen molar-refractivity contribution >= 4 is 17.5 Å². The van der Waals surface area contributed by atoms with Crippen LogP contribution in [0.4, 0.5) is 4.39 Å². The van der Waals surface area contributed by atoms with Gasteiger partial charge in [-0.15, -0.1) is 0 Å². The van der Waals surface area contributed by atoms with E-state index in [4.69, 9.17) is 20.6 Å². The summed E-state index contributed by atoms with van der Waals surface area (Å²) in [7, 11) is 0. The van der Waals surface area contributed by atoms with Crippen LogP contribution in [0.2, 0.25) is 5.02 Å². The Hall–Kier alpha value is -2.67. The Kier molecular flexibility index (Phi) is 4.71. The standard InChI is InChI=1S/C20H19ClFN3O3/c1-10-16(11(2)27-23-10)15-8-5-9-25(15)20(26)17-12(3)28-24-19(17)18-13(21)6-4-7-14(18)22/h4,6-7,15H,5,8-9H2,1-3H3/t15-/m1/s1. The zero-order valence-corrected chi connectivity index (χ0v) is 16.5. The third kappa shape index (κ3) is 2.90. The highest BCUT2D eigenvalue weighted by Crippen LogP contribution is 2.39. The number of hydrogen-bond acceptors (Lipinski definition) is 5. The molecule has 1 aliphatic heterocycles. The second-order valence-electron chi connectivity index (χ2n) is 6.95. The van der Waals surface area contributed by atoms with E-state index >= 15 is 0 Å². The largest absolute Gasteiger partial charge is 0.361 e. The van der Waals surface area contributed by atoms with E-state index in [9.17, 15) is 9.18 Å². The molecular formula is C20H19ClFN3O3. The van der Waals surface area contributed by atoms with Gasteiger partial charge in [-0.25, -0.2) is 4.39 Å². The molecule has 6 nitrogen and oxygen atoms in total. The fourth-order valence-corrected chi connectivity index (χ4v) is 4.19. The van der Waals surface area contributed by atoms with Crippen molar-refractivity contribution in [3.8, 4) is 11.3 Å². The molecule has 1 atom stereocenters. The van der Waals surface area contributed by atoms with E-state index in [1.165, 1.54) is 12.1 Å². The van der Waals surface area contributed by atoms with Crippen molar-refractivity contribution in [3.63, 3.8) is 0 Å². The van der Waals surface area contributed by atoms with Crippen molar-refractivity contribution in [1.82, 2.24) is 15.2 Å². The number of halogens is 2. The van der Waals surface area contributed by atoms with E-state index in [2.05, 4.69) is 10.3 Å². The molecule has 0 unspecified atom stereocenters. The number of aryl methyl sites for hydroxylation is 3. The van der Waals surface area contributed by atoms with Gasteiger partial charge in [0.2, 0.25) is 0 Å². The molecule has 3 heterocycles. The number of aromatic nitrogens is 2. The fourth-order valence-electron chi connectivity index (χ4n) is 3.94. The Morgan fingerprint density at radius 2 is 1.96 bits per heavy atom. The summed E-state index contributed by atoms with van der Waals surface area (Å²) in [4.78, 5) is 15.2. The molecular weight excluding hydrogens is 385 g/mol. The molecule has 0 aliphatic carbocycles. The molecule has 0 saturated carbocycles. The van der Waals surface area contributed by atoms with Crippen LogP contribution in [0.1, 0.15) is 52.0 Å². The summed E-state index contributed by atoms with van der Waals surface area (Å²) in [5.74, 6) is 0.194. The zero-order valence-electron chi connectivity index (χ0n) is 15.8. The lowest BCUT2D eigenvalue weighted by molar-refractivity contribution is 0.0733. The van der Waals surface area contributed by atoms with Crippen LogP contribution in [0, 0.1) is 26.6 Å². The van der Waals surface area contributed by atoms with Gasteiger partial charge >= 0.3 is 0 Å². The van der Waals surface area contributed by atoms with Gasteiger partial charge in [0.05, 0.1) is 22.3 Å². The van der Waals surface area contributed by atoms with Crippen LogP contribution in [0.25, 0.3) is 11.3 Å². The molecule has 0 N–H and O–H groups in total. The van der Waals surface area contributed by atoms with Gasteiger partial charge in [0.1, 0.15) is 28.6 Å². The number of benzene rings is 1. The summed E-state index contributed by atoms with van der Waals surface area (Å²) in [5, 5.41) is 8.13. The lowest BCUT2D eigenvalue weighted by atomic mass is 10.0. The van der Waals surface area contributed by atoms with E-state index in [1.807, 2.05) is 13.8 Å². The molecule has 2 aromatic heterocycles. The van der Waals surface area contributed by atoms with Crippen molar-refractivity contribution < 1.29 is 18.2 Å². The summed E-state index contributed by atoms with van der Waals surface area (Å²) in [6.45, 7) is 5.91. The SMILES string of the molecule is Cc1noc(C)c1[C@H]1CCCN1C(=O)c1c(-c2c(F)cccc2Cl)noc1C. The highest BCUT2D eigenvalue weighted by Gasteiger charge is 2.37. The molecule has 1 fully saturated rings. The van der Waals surface area contributed by atoms with Crippen LogP contribution in [0.15, 0.2) is 27.2 Å². The minimum atomic E-state index is -0.557. The Balaban J connectivity index is 1.78. The zero-order chi connectivity index (χ0) is 20.0. The maximum absolute atomic E-state index is 14.5. The highest BCUT2D eigenvalue weighted by molar-refractivity contribution is 6.33. The van der Waals surface area contributed by atoms with Crippen LogP contribution < -0.4 is 0 Å². The van der Waals surface area contributed by atoms with Crippen LogP contribution in [-0.4, -0.2) is 27.7 Å². The first kappa shape index (κ1) is 18.7. The number of rotatable bonds is 3. The minimum Gasteiger partial charge on any atom is -0.361 e. The smallest absolute Gasteiger partial charge is 0.260 e. The summed E-state index contributed by atoms with van der Waals surface area (Å²) < 4.78 is 25.0. The number of amides is 1. The summed E-state index contributed by atoms with van der Waals surface area (Å²) in [6.07, 6.45) is 1.65. The van der Waals surface area contributed by atoms with E-state index in [1.54, 1.807) is 17.9 Å². The Morgan fingerprint density at radius 1 is 1.21 bits per heavy atom. The maximum atomic E-state index is 14.5. The number of nitrogens with zero attached hydrogens (tertiary/aromatic N) is 3. The molecule has 0 bridgehead atoms. The normalized spacial score (nSPS) is 16.8. The Bertz CT molecular complexity index is 1020. The summed E-state index contributed by atoms with van der Waals surface area (Å²) in [5.41, 5.74) is 2.10. The molecule has 4 rings (SSSR count).